The molecule has 62 valence electrons. The van der Waals surface area contributed by atoms with Gasteiger partial charge >= 0.3 is 0 Å². The third-order valence-electron chi connectivity index (χ3n) is 1.20. The van der Waals surface area contributed by atoms with E-state index in [2.05, 4.69) is 4.98 Å². The van der Waals surface area contributed by atoms with Crippen molar-refractivity contribution in [2.45, 2.75) is 13.0 Å². The molecule has 3 nitrogen and oxygen atoms in total. The van der Waals surface area contributed by atoms with Crippen molar-refractivity contribution in [3.63, 3.8) is 0 Å². The summed E-state index contributed by atoms with van der Waals surface area (Å²) in [5.74, 6) is 0. The largest absolute Gasteiger partial charge is 0.374 e. The molecule has 0 aromatic carbocycles. The minimum atomic E-state index is 0.623. The molecule has 0 aliphatic rings. The Hall–Kier alpha value is -0.450. The lowest BCUT2D eigenvalue weighted by Gasteiger charge is -1.98. The maximum Gasteiger partial charge on any atom is 0.118 e. The average Bonchev–Trinajstić information content (AvgIpc) is 2.50. The van der Waals surface area contributed by atoms with Gasteiger partial charge in [0.15, 0.2) is 0 Å². The van der Waals surface area contributed by atoms with Crippen molar-refractivity contribution < 1.29 is 4.74 Å². The van der Waals surface area contributed by atoms with Gasteiger partial charge in [-0.25, -0.2) is 4.98 Å². The summed E-state index contributed by atoms with van der Waals surface area (Å²) in [7, 11) is 0. The second kappa shape index (κ2) is 5.23. The van der Waals surface area contributed by atoms with Crippen molar-refractivity contribution >= 4 is 11.3 Å². The van der Waals surface area contributed by atoms with Crippen LogP contribution >= 0.6 is 11.3 Å². The Morgan fingerprint density at radius 1 is 1.64 bits per heavy atom. The first-order valence-electron chi connectivity index (χ1n) is 3.59. The second-order valence-electron chi connectivity index (χ2n) is 2.12. The predicted octanol–water partition coefficient (Wildman–Crippen LogP) is 1.01. The first kappa shape index (κ1) is 8.64. The van der Waals surface area contributed by atoms with Crippen molar-refractivity contribution in [1.82, 2.24) is 4.98 Å². The van der Waals surface area contributed by atoms with Crippen LogP contribution in [0.5, 0.6) is 0 Å². The van der Waals surface area contributed by atoms with Crippen LogP contribution in [-0.4, -0.2) is 18.1 Å². The van der Waals surface area contributed by atoms with Gasteiger partial charge in [0.1, 0.15) is 5.01 Å². The van der Waals surface area contributed by atoms with E-state index in [0.717, 1.165) is 18.0 Å². The number of nitrogens with two attached hydrogens (primary N) is 1. The van der Waals surface area contributed by atoms with E-state index in [4.69, 9.17) is 10.5 Å². The maximum atomic E-state index is 5.29. The van der Waals surface area contributed by atoms with Crippen molar-refractivity contribution in [2.24, 2.45) is 5.73 Å². The highest BCUT2D eigenvalue weighted by atomic mass is 32.1. The molecule has 0 aliphatic carbocycles. The molecule has 0 atom stereocenters. The van der Waals surface area contributed by atoms with Crippen molar-refractivity contribution in [1.29, 1.82) is 0 Å². The first-order valence-corrected chi connectivity index (χ1v) is 4.47. The summed E-state index contributed by atoms with van der Waals surface area (Å²) in [6.07, 6.45) is 2.71. The fourth-order valence-electron chi connectivity index (χ4n) is 0.669. The number of aromatic nitrogens is 1. The summed E-state index contributed by atoms with van der Waals surface area (Å²) in [6.45, 7) is 2.05. The summed E-state index contributed by atoms with van der Waals surface area (Å²) >= 11 is 1.61. The Balaban J connectivity index is 2.04. The Kier molecular flexibility index (Phi) is 4.11. The van der Waals surface area contributed by atoms with Crippen LogP contribution in [0.2, 0.25) is 0 Å². The molecule has 0 spiro atoms. The van der Waals surface area contributed by atoms with E-state index in [-0.39, 0.29) is 0 Å². The molecule has 0 unspecified atom stereocenters. The van der Waals surface area contributed by atoms with Gasteiger partial charge in [-0.15, -0.1) is 11.3 Å². The fraction of sp³-hybridized carbons (Fsp3) is 0.571. The Morgan fingerprint density at radius 2 is 2.55 bits per heavy atom. The number of hydrogen-bond donors (Lipinski definition) is 1. The van der Waals surface area contributed by atoms with E-state index in [1.807, 2.05) is 5.38 Å². The molecule has 0 saturated heterocycles. The van der Waals surface area contributed by atoms with Gasteiger partial charge in [0.25, 0.3) is 0 Å². The molecule has 0 saturated carbocycles. The zero-order valence-electron chi connectivity index (χ0n) is 6.32. The van der Waals surface area contributed by atoms with Crippen LogP contribution in [0.15, 0.2) is 11.6 Å². The molecule has 1 aromatic rings. The average molecular weight is 172 g/mol. The number of nitrogens with zero attached hydrogens (tertiary/aromatic N) is 1. The van der Waals surface area contributed by atoms with Gasteiger partial charge in [0, 0.05) is 18.2 Å². The molecule has 4 heteroatoms. The van der Waals surface area contributed by atoms with E-state index < -0.39 is 0 Å². The zero-order valence-corrected chi connectivity index (χ0v) is 7.14. The summed E-state index contributed by atoms with van der Waals surface area (Å²) < 4.78 is 5.29. The molecular formula is C7H12N2OS. The van der Waals surface area contributed by atoms with Crippen LogP contribution in [0, 0.1) is 0 Å². The SMILES string of the molecule is NCCCOCc1nccs1. The van der Waals surface area contributed by atoms with Gasteiger partial charge in [-0.05, 0) is 13.0 Å². The lowest BCUT2D eigenvalue weighted by Crippen LogP contribution is -2.04. The third-order valence-corrected chi connectivity index (χ3v) is 1.95. The molecule has 11 heavy (non-hydrogen) atoms. The van der Waals surface area contributed by atoms with Gasteiger partial charge < -0.3 is 10.5 Å². The second-order valence-corrected chi connectivity index (χ2v) is 3.10. The topological polar surface area (TPSA) is 48.1 Å². The predicted molar refractivity (Wildman–Crippen MR) is 45.4 cm³/mol. The Morgan fingerprint density at radius 3 is 3.18 bits per heavy atom. The van der Waals surface area contributed by atoms with Gasteiger partial charge in [-0.1, -0.05) is 0 Å². The molecule has 2 N–H and O–H groups in total. The fourth-order valence-corrected chi connectivity index (χ4v) is 1.22. The van der Waals surface area contributed by atoms with Gasteiger partial charge in [0.05, 0.1) is 6.61 Å². The zero-order chi connectivity index (χ0) is 7.94. The minimum Gasteiger partial charge on any atom is -0.374 e. The van der Waals surface area contributed by atoms with E-state index in [9.17, 15) is 0 Å². The molecule has 0 amide bonds. The minimum absolute atomic E-state index is 0.623. The van der Waals surface area contributed by atoms with Gasteiger partial charge in [-0.2, -0.15) is 0 Å². The van der Waals surface area contributed by atoms with Gasteiger partial charge in [0.2, 0.25) is 0 Å². The Labute approximate surface area is 70.2 Å². The first-order chi connectivity index (χ1) is 5.43. The molecule has 1 aromatic heterocycles. The monoisotopic (exact) mass is 172 g/mol. The molecule has 0 bridgehead atoms. The highest BCUT2D eigenvalue weighted by Gasteiger charge is 1.93. The van der Waals surface area contributed by atoms with Crippen molar-refractivity contribution in [2.75, 3.05) is 13.2 Å². The summed E-state index contributed by atoms with van der Waals surface area (Å²) in [5, 5.41) is 2.98. The Bertz CT molecular complexity index is 177. The molecule has 0 radical (unpaired) electrons. The molecule has 1 heterocycles. The standard InChI is InChI=1S/C7H12N2OS/c8-2-1-4-10-6-7-9-3-5-11-7/h3,5H,1-2,4,6,8H2. The van der Waals surface area contributed by atoms with Gasteiger partial charge in [-0.3, -0.25) is 0 Å². The van der Waals surface area contributed by atoms with Crippen molar-refractivity contribution in [3.05, 3.63) is 16.6 Å². The number of ether oxygens (including phenoxy) is 1. The molecular weight excluding hydrogens is 160 g/mol. The smallest absolute Gasteiger partial charge is 0.118 e. The number of thiazole rings is 1. The van der Waals surface area contributed by atoms with E-state index in [1.54, 1.807) is 17.5 Å². The molecule has 0 aliphatic heterocycles. The summed E-state index contributed by atoms with van der Waals surface area (Å²) in [4.78, 5) is 4.08. The summed E-state index contributed by atoms with van der Waals surface area (Å²) in [6, 6.07) is 0. The lowest BCUT2D eigenvalue weighted by molar-refractivity contribution is 0.120. The highest BCUT2D eigenvalue weighted by molar-refractivity contribution is 7.09. The van der Waals surface area contributed by atoms with Crippen molar-refractivity contribution in [3.8, 4) is 0 Å². The molecule has 1 rings (SSSR count). The lowest BCUT2D eigenvalue weighted by atomic mass is 10.5. The van der Waals surface area contributed by atoms with Crippen LogP contribution in [0.1, 0.15) is 11.4 Å². The van der Waals surface area contributed by atoms with Crippen LogP contribution in [-0.2, 0) is 11.3 Å². The number of hydrogen-bond acceptors (Lipinski definition) is 4. The van der Waals surface area contributed by atoms with E-state index >= 15 is 0 Å². The highest BCUT2D eigenvalue weighted by Crippen LogP contribution is 2.04. The van der Waals surface area contributed by atoms with E-state index in [1.165, 1.54) is 0 Å². The summed E-state index contributed by atoms with van der Waals surface area (Å²) in [5.41, 5.74) is 5.29. The van der Waals surface area contributed by atoms with Crippen LogP contribution in [0.4, 0.5) is 0 Å². The molecule has 0 fully saturated rings. The normalized spacial score (nSPS) is 10.3. The number of rotatable bonds is 5. The quantitative estimate of drug-likeness (QED) is 0.674. The van der Waals surface area contributed by atoms with E-state index in [0.29, 0.717) is 13.2 Å². The van der Waals surface area contributed by atoms with Crippen LogP contribution in [0.3, 0.4) is 0 Å². The van der Waals surface area contributed by atoms with Crippen LogP contribution in [0.25, 0.3) is 0 Å². The third kappa shape index (κ3) is 3.46. The van der Waals surface area contributed by atoms with Crippen LogP contribution < -0.4 is 5.73 Å². The maximum absolute atomic E-state index is 5.29.